The molecule has 1 unspecified atom stereocenters. The number of hydrogen-bond acceptors (Lipinski definition) is 3. The molecule has 2 rings (SSSR count). The number of aryl methyl sites for hydroxylation is 1. The van der Waals surface area contributed by atoms with E-state index in [1.54, 1.807) is 17.8 Å². The molecule has 0 saturated carbocycles. The topological polar surface area (TPSA) is 66.4 Å². The van der Waals surface area contributed by atoms with E-state index in [0.29, 0.717) is 0 Å². The van der Waals surface area contributed by atoms with Gasteiger partial charge in [0.05, 0.1) is 0 Å². The number of carboxylic acids is 1. The van der Waals surface area contributed by atoms with Crippen LogP contribution in [-0.4, -0.2) is 28.5 Å². The van der Waals surface area contributed by atoms with Gasteiger partial charge in [0, 0.05) is 23.4 Å². The molecule has 0 aromatic heterocycles. The summed E-state index contributed by atoms with van der Waals surface area (Å²) in [6.45, 7) is 1.92. The molecule has 20 heavy (non-hydrogen) atoms. The lowest BCUT2D eigenvalue weighted by atomic mass is 10.1. The Bertz CT molecular complexity index is 548. The Balaban J connectivity index is 2.11. The van der Waals surface area contributed by atoms with Gasteiger partial charge in [0.2, 0.25) is 5.91 Å². The first-order chi connectivity index (χ1) is 9.56. The number of carboxylic acid groups (broad SMARTS) is 1. The highest BCUT2D eigenvalue weighted by Crippen LogP contribution is 2.26. The zero-order valence-electron chi connectivity index (χ0n) is 11.3. The van der Waals surface area contributed by atoms with E-state index in [-0.39, 0.29) is 11.8 Å². The van der Waals surface area contributed by atoms with Gasteiger partial charge in [-0.2, -0.15) is 11.8 Å². The second-order valence-corrected chi connectivity index (χ2v) is 5.95. The number of amides is 1. The van der Waals surface area contributed by atoms with Crippen molar-refractivity contribution in [3.63, 3.8) is 0 Å². The highest BCUT2D eigenvalue weighted by molar-refractivity contribution is 7.99. The average Bonchev–Trinajstić information content (AvgIpc) is 2.93. The third kappa shape index (κ3) is 3.87. The number of rotatable bonds is 4. The van der Waals surface area contributed by atoms with E-state index in [0.717, 1.165) is 40.8 Å². The normalized spacial score (nSPS) is 18.4. The zero-order chi connectivity index (χ0) is 14.5. The van der Waals surface area contributed by atoms with Crippen LogP contribution < -0.4 is 5.32 Å². The number of carbonyl (C=O) groups excluding carboxylic acids is 1. The van der Waals surface area contributed by atoms with Crippen LogP contribution in [0.25, 0.3) is 6.08 Å². The average molecular weight is 291 g/mol. The summed E-state index contributed by atoms with van der Waals surface area (Å²) in [5.74, 6) is 1.07. The standard InChI is InChI=1S/C15H17NO3S/c1-10-2-3-11(4-5-14(17)18)8-13(10)16-15(19)12-6-7-20-9-12/h2-5,8,12H,6-7,9H2,1H3,(H,16,19)(H,17,18). The summed E-state index contributed by atoms with van der Waals surface area (Å²) in [5, 5.41) is 11.6. The molecule has 1 fully saturated rings. The Hall–Kier alpha value is -1.75. The molecule has 2 N–H and O–H groups in total. The molecule has 1 aromatic carbocycles. The van der Waals surface area contributed by atoms with E-state index < -0.39 is 5.97 Å². The number of nitrogens with one attached hydrogen (secondary N) is 1. The van der Waals surface area contributed by atoms with Gasteiger partial charge < -0.3 is 10.4 Å². The van der Waals surface area contributed by atoms with Gasteiger partial charge in [-0.05, 0) is 42.4 Å². The Morgan fingerprint density at radius 2 is 2.25 bits per heavy atom. The molecule has 0 aliphatic carbocycles. The lowest BCUT2D eigenvalue weighted by Gasteiger charge is -2.12. The summed E-state index contributed by atoms with van der Waals surface area (Å²) in [6, 6.07) is 5.51. The van der Waals surface area contributed by atoms with E-state index in [1.807, 2.05) is 19.1 Å². The quantitative estimate of drug-likeness (QED) is 0.837. The molecule has 0 spiro atoms. The zero-order valence-corrected chi connectivity index (χ0v) is 12.1. The summed E-state index contributed by atoms with van der Waals surface area (Å²) < 4.78 is 0. The Labute approximate surface area is 122 Å². The maximum Gasteiger partial charge on any atom is 0.328 e. The van der Waals surface area contributed by atoms with Crippen molar-refractivity contribution in [3.8, 4) is 0 Å². The van der Waals surface area contributed by atoms with Crippen molar-refractivity contribution in [1.29, 1.82) is 0 Å². The van der Waals surface area contributed by atoms with Crippen LogP contribution in [0.3, 0.4) is 0 Å². The summed E-state index contributed by atoms with van der Waals surface area (Å²) in [6.07, 6.45) is 3.53. The minimum Gasteiger partial charge on any atom is -0.478 e. The molecule has 1 saturated heterocycles. The van der Waals surface area contributed by atoms with Crippen molar-refractivity contribution in [2.45, 2.75) is 13.3 Å². The predicted octanol–water partition coefficient (Wildman–Crippen LogP) is 2.78. The van der Waals surface area contributed by atoms with Crippen LogP contribution >= 0.6 is 11.8 Å². The molecule has 5 heteroatoms. The van der Waals surface area contributed by atoms with Crippen molar-refractivity contribution in [2.24, 2.45) is 5.92 Å². The lowest BCUT2D eigenvalue weighted by molar-refractivity contribution is -0.131. The summed E-state index contributed by atoms with van der Waals surface area (Å²) in [4.78, 5) is 22.6. The van der Waals surface area contributed by atoms with E-state index in [1.165, 1.54) is 6.08 Å². The number of hydrogen-bond donors (Lipinski definition) is 2. The molecule has 4 nitrogen and oxygen atoms in total. The molecule has 0 bridgehead atoms. The molecule has 1 aliphatic heterocycles. The number of aliphatic carboxylic acids is 1. The lowest BCUT2D eigenvalue weighted by Crippen LogP contribution is -2.22. The first kappa shape index (κ1) is 14.7. The fraction of sp³-hybridized carbons (Fsp3) is 0.333. The van der Waals surface area contributed by atoms with Gasteiger partial charge in [0.15, 0.2) is 0 Å². The fourth-order valence-electron chi connectivity index (χ4n) is 2.02. The summed E-state index contributed by atoms with van der Waals surface area (Å²) in [7, 11) is 0. The Kier molecular flexibility index (Phi) is 4.84. The van der Waals surface area contributed by atoms with Gasteiger partial charge in [-0.3, -0.25) is 4.79 Å². The maximum atomic E-state index is 12.1. The number of benzene rings is 1. The fourth-order valence-corrected chi connectivity index (χ4v) is 3.24. The molecule has 0 radical (unpaired) electrons. The van der Waals surface area contributed by atoms with Gasteiger partial charge >= 0.3 is 5.97 Å². The first-order valence-corrected chi connectivity index (χ1v) is 7.62. The molecular weight excluding hydrogens is 274 g/mol. The van der Waals surface area contributed by atoms with E-state index in [4.69, 9.17) is 5.11 Å². The molecule has 106 valence electrons. The van der Waals surface area contributed by atoms with Gasteiger partial charge in [0.1, 0.15) is 0 Å². The largest absolute Gasteiger partial charge is 0.478 e. The van der Waals surface area contributed by atoms with Crippen molar-refractivity contribution < 1.29 is 14.7 Å². The van der Waals surface area contributed by atoms with Crippen LogP contribution in [0, 0.1) is 12.8 Å². The van der Waals surface area contributed by atoms with Gasteiger partial charge in [-0.25, -0.2) is 4.79 Å². The van der Waals surface area contributed by atoms with Gasteiger partial charge in [0.25, 0.3) is 0 Å². The molecular formula is C15H17NO3S. The highest BCUT2D eigenvalue weighted by Gasteiger charge is 2.23. The van der Waals surface area contributed by atoms with Gasteiger partial charge in [-0.1, -0.05) is 12.1 Å². The Morgan fingerprint density at radius 3 is 2.90 bits per heavy atom. The summed E-state index contributed by atoms with van der Waals surface area (Å²) >= 11 is 1.80. The second-order valence-electron chi connectivity index (χ2n) is 4.80. The van der Waals surface area contributed by atoms with Crippen LogP contribution in [0.5, 0.6) is 0 Å². The smallest absolute Gasteiger partial charge is 0.328 e. The van der Waals surface area contributed by atoms with Crippen molar-refractivity contribution in [2.75, 3.05) is 16.8 Å². The molecule has 1 heterocycles. The summed E-state index contributed by atoms with van der Waals surface area (Å²) in [5.41, 5.74) is 2.48. The van der Waals surface area contributed by atoms with Crippen LogP contribution in [0.2, 0.25) is 0 Å². The van der Waals surface area contributed by atoms with Crippen LogP contribution in [-0.2, 0) is 9.59 Å². The monoisotopic (exact) mass is 291 g/mol. The third-order valence-corrected chi connectivity index (χ3v) is 4.40. The van der Waals surface area contributed by atoms with Gasteiger partial charge in [-0.15, -0.1) is 0 Å². The van der Waals surface area contributed by atoms with Crippen molar-refractivity contribution in [1.82, 2.24) is 0 Å². The van der Waals surface area contributed by atoms with Crippen molar-refractivity contribution in [3.05, 3.63) is 35.4 Å². The maximum absolute atomic E-state index is 12.1. The number of thioether (sulfide) groups is 1. The second kappa shape index (κ2) is 6.61. The minimum atomic E-state index is -0.987. The molecule has 1 aliphatic rings. The third-order valence-electron chi connectivity index (χ3n) is 3.24. The number of anilines is 1. The van der Waals surface area contributed by atoms with E-state index in [2.05, 4.69) is 5.32 Å². The predicted molar refractivity (Wildman–Crippen MR) is 81.9 cm³/mol. The van der Waals surface area contributed by atoms with Crippen LogP contribution in [0.4, 0.5) is 5.69 Å². The first-order valence-electron chi connectivity index (χ1n) is 6.46. The molecule has 1 amide bonds. The van der Waals surface area contributed by atoms with Crippen LogP contribution in [0.15, 0.2) is 24.3 Å². The SMILES string of the molecule is Cc1ccc(C=CC(=O)O)cc1NC(=O)C1CCSC1. The highest BCUT2D eigenvalue weighted by atomic mass is 32.2. The van der Waals surface area contributed by atoms with Crippen molar-refractivity contribution >= 4 is 35.4 Å². The van der Waals surface area contributed by atoms with E-state index in [9.17, 15) is 9.59 Å². The molecule has 1 atom stereocenters. The number of carbonyl (C=O) groups is 2. The molecule has 1 aromatic rings. The van der Waals surface area contributed by atoms with E-state index >= 15 is 0 Å². The Morgan fingerprint density at radius 1 is 1.45 bits per heavy atom. The minimum absolute atomic E-state index is 0.0532. The van der Waals surface area contributed by atoms with Crippen LogP contribution in [0.1, 0.15) is 17.5 Å².